The van der Waals surface area contributed by atoms with Crippen LogP contribution in [0.3, 0.4) is 0 Å². The predicted octanol–water partition coefficient (Wildman–Crippen LogP) is -0.595. The van der Waals surface area contributed by atoms with Crippen molar-refractivity contribution in [3.05, 3.63) is 29.8 Å². The van der Waals surface area contributed by atoms with Crippen LogP contribution in [0.5, 0.6) is 5.75 Å². The third kappa shape index (κ3) is 7.02. The summed E-state index contributed by atoms with van der Waals surface area (Å²) in [7, 11) is 0. The largest absolute Gasteiger partial charge is 0.508 e. The Morgan fingerprint density at radius 1 is 1.14 bits per heavy atom. The number of phenolic OH excluding ortho intramolecular Hbond substituents is 1. The number of carbonyl (C=O) groups excluding carboxylic acids is 2. The molecule has 0 saturated heterocycles. The molecule has 0 heterocycles. The summed E-state index contributed by atoms with van der Waals surface area (Å²) in [6.45, 7) is 4.40. The molecule has 1 rings (SSSR count). The molecule has 28 heavy (non-hydrogen) atoms. The number of aliphatic hydroxyl groups is 1. The van der Waals surface area contributed by atoms with Crippen LogP contribution in [0.1, 0.15) is 26.3 Å². The van der Waals surface area contributed by atoms with E-state index in [4.69, 9.17) is 5.73 Å². The van der Waals surface area contributed by atoms with E-state index in [0.29, 0.717) is 5.56 Å². The van der Waals surface area contributed by atoms with Gasteiger partial charge in [-0.25, -0.2) is 4.79 Å². The topological polar surface area (TPSA) is 162 Å². The fourth-order valence-electron chi connectivity index (χ4n) is 2.35. The van der Waals surface area contributed by atoms with E-state index in [1.54, 1.807) is 12.1 Å². The molecule has 9 nitrogen and oxygen atoms in total. The second kappa shape index (κ2) is 9.76. The Balaban J connectivity index is 3.06. The van der Waals surface area contributed by atoms with Gasteiger partial charge in [0.05, 0.1) is 6.10 Å². The maximum absolute atomic E-state index is 12.7. The molecule has 0 fully saturated rings. The van der Waals surface area contributed by atoms with Crippen molar-refractivity contribution in [1.82, 2.24) is 10.6 Å². The Morgan fingerprint density at radius 3 is 2.11 bits per heavy atom. The molecule has 1 aromatic carbocycles. The summed E-state index contributed by atoms with van der Waals surface area (Å²) in [5.74, 6) is -2.74. The zero-order valence-corrected chi connectivity index (χ0v) is 16.8. The summed E-state index contributed by atoms with van der Waals surface area (Å²) in [5, 5.41) is 33.1. The maximum atomic E-state index is 12.7. The lowest BCUT2D eigenvalue weighted by atomic mass is 10.0. The van der Waals surface area contributed by atoms with Crippen LogP contribution in [0.2, 0.25) is 0 Å². The highest BCUT2D eigenvalue weighted by molar-refractivity contribution is 7.81. The lowest BCUT2D eigenvalue weighted by molar-refractivity contribution is -0.143. The molecular formula is C18H27N3O6S. The van der Waals surface area contributed by atoms with Crippen LogP contribution in [-0.4, -0.2) is 62.1 Å². The number of aliphatic hydroxyl groups excluding tert-OH is 1. The summed E-state index contributed by atoms with van der Waals surface area (Å²) in [5.41, 5.74) is 6.22. The Bertz CT molecular complexity index is 702. The number of amides is 2. The molecule has 0 bridgehead atoms. The number of aromatic hydroxyl groups is 1. The van der Waals surface area contributed by atoms with Gasteiger partial charge in [0, 0.05) is 11.2 Å². The lowest BCUT2D eigenvalue weighted by Crippen LogP contribution is -2.59. The van der Waals surface area contributed by atoms with Gasteiger partial charge in [-0.05, 0) is 38.5 Å². The van der Waals surface area contributed by atoms with E-state index >= 15 is 0 Å². The summed E-state index contributed by atoms with van der Waals surface area (Å²) in [6, 6.07) is 2.25. The minimum absolute atomic E-state index is 0.0176. The molecule has 156 valence electrons. The molecule has 0 aromatic heterocycles. The van der Waals surface area contributed by atoms with Gasteiger partial charge in [0.15, 0.2) is 0 Å². The van der Waals surface area contributed by atoms with Gasteiger partial charge in [-0.3, -0.25) is 9.59 Å². The Kier molecular flexibility index (Phi) is 8.28. The van der Waals surface area contributed by atoms with Crippen molar-refractivity contribution in [1.29, 1.82) is 0 Å². The van der Waals surface area contributed by atoms with Crippen molar-refractivity contribution in [3.8, 4) is 5.75 Å². The van der Waals surface area contributed by atoms with E-state index in [9.17, 15) is 29.7 Å². The van der Waals surface area contributed by atoms with Gasteiger partial charge >= 0.3 is 5.97 Å². The second-order valence-corrected chi connectivity index (χ2v) is 8.28. The van der Waals surface area contributed by atoms with Gasteiger partial charge in [0.2, 0.25) is 11.8 Å². The number of carboxylic acids is 1. The van der Waals surface area contributed by atoms with Gasteiger partial charge in [-0.2, -0.15) is 12.6 Å². The van der Waals surface area contributed by atoms with Crippen LogP contribution < -0.4 is 16.4 Å². The van der Waals surface area contributed by atoms with E-state index in [1.807, 2.05) is 0 Å². The number of hydrogen-bond donors (Lipinski definition) is 7. The van der Waals surface area contributed by atoms with E-state index in [0.717, 1.165) is 0 Å². The number of nitrogens with one attached hydrogen (secondary N) is 2. The molecule has 2 amide bonds. The standard InChI is InChI=1S/C18H27N3O6S/c1-9(22)13(19)16(25)20-12(8-10-4-6-11(23)7-5-10)15(24)21-14(17(26)27)18(2,3)28/h4-7,9,12-14,22-23,28H,8,19H2,1-3H3,(H,20,25)(H,21,24)(H,26,27)/t9-,12+,13+,14-/m1/s1. The quantitative estimate of drug-likeness (QED) is 0.266. The van der Waals surface area contributed by atoms with Crippen molar-refractivity contribution in [3.63, 3.8) is 0 Å². The average Bonchev–Trinajstić information content (AvgIpc) is 2.58. The number of hydrogen-bond acceptors (Lipinski definition) is 7. The van der Waals surface area contributed by atoms with Gasteiger partial charge in [0.25, 0.3) is 0 Å². The second-order valence-electron chi connectivity index (χ2n) is 7.13. The minimum atomic E-state index is -1.31. The number of rotatable bonds is 9. The molecule has 1 aromatic rings. The number of thiol groups is 1. The first-order chi connectivity index (χ1) is 12.8. The van der Waals surface area contributed by atoms with Crippen molar-refractivity contribution in [2.24, 2.45) is 5.73 Å². The van der Waals surface area contributed by atoms with Crippen LogP contribution in [0, 0.1) is 0 Å². The maximum Gasteiger partial charge on any atom is 0.327 e. The molecule has 0 unspecified atom stereocenters. The van der Waals surface area contributed by atoms with Gasteiger partial charge in [0.1, 0.15) is 23.9 Å². The smallest absolute Gasteiger partial charge is 0.327 e. The zero-order valence-electron chi connectivity index (χ0n) is 15.9. The first-order valence-corrected chi connectivity index (χ1v) is 9.05. The Labute approximate surface area is 168 Å². The van der Waals surface area contributed by atoms with E-state index in [-0.39, 0.29) is 12.2 Å². The summed E-state index contributed by atoms with van der Waals surface area (Å²) >= 11 is 4.21. The van der Waals surface area contributed by atoms with Crippen LogP contribution in [0.15, 0.2) is 24.3 Å². The SMILES string of the molecule is C[C@@H](O)[C@H](N)C(=O)N[C@@H](Cc1ccc(O)cc1)C(=O)N[C@H](C(=O)O)C(C)(C)S. The molecule has 4 atom stereocenters. The van der Waals surface area contributed by atoms with Gasteiger partial charge in [-0.15, -0.1) is 0 Å². The number of nitrogens with two attached hydrogens (primary N) is 1. The predicted molar refractivity (Wildman–Crippen MR) is 106 cm³/mol. The number of carbonyl (C=O) groups is 3. The van der Waals surface area contributed by atoms with Crippen LogP contribution in [0.25, 0.3) is 0 Å². The molecule has 0 saturated carbocycles. The number of benzene rings is 1. The monoisotopic (exact) mass is 413 g/mol. The fourth-order valence-corrected chi connectivity index (χ4v) is 2.52. The first kappa shape index (κ1) is 23.7. The third-order valence-electron chi connectivity index (χ3n) is 4.07. The van der Waals surface area contributed by atoms with E-state index in [2.05, 4.69) is 23.3 Å². The molecule has 10 heteroatoms. The summed E-state index contributed by atoms with van der Waals surface area (Å²) in [6.07, 6.45) is -1.12. The zero-order chi connectivity index (χ0) is 21.6. The molecule has 0 aliphatic rings. The lowest BCUT2D eigenvalue weighted by Gasteiger charge is -2.29. The molecule has 0 radical (unpaired) electrons. The van der Waals surface area contributed by atoms with Crippen LogP contribution in [-0.2, 0) is 20.8 Å². The molecule has 7 N–H and O–H groups in total. The highest BCUT2D eigenvalue weighted by atomic mass is 32.1. The van der Waals surface area contributed by atoms with Gasteiger partial charge < -0.3 is 31.7 Å². The highest BCUT2D eigenvalue weighted by Gasteiger charge is 2.36. The average molecular weight is 413 g/mol. The normalized spacial score (nSPS) is 15.8. The van der Waals surface area contributed by atoms with E-state index in [1.165, 1.54) is 32.9 Å². The molecule has 0 aliphatic carbocycles. The van der Waals surface area contributed by atoms with E-state index < -0.39 is 46.8 Å². The highest BCUT2D eigenvalue weighted by Crippen LogP contribution is 2.18. The summed E-state index contributed by atoms with van der Waals surface area (Å²) < 4.78 is -1.06. The summed E-state index contributed by atoms with van der Waals surface area (Å²) in [4.78, 5) is 36.4. The third-order valence-corrected chi connectivity index (χ3v) is 4.33. The van der Waals surface area contributed by atoms with Gasteiger partial charge in [-0.1, -0.05) is 12.1 Å². The Hall–Kier alpha value is -2.30. The minimum Gasteiger partial charge on any atom is -0.508 e. The van der Waals surface area contributed by atoms with Crippen molar-refractivity contribution in [2.75, 3.05) is 0 Å². The molecular weight excluding hydrogens is 386 g/mol. The van der Waals surface area contributed by atoms with Crippen LogP contribution in [0.4, 0.5) is 0 Å². The van der Waals surface area contributed by atoms with Crippen molar-refractivity contribution < 1.29 is 29.7 Å². The first-order valence-electron chi connectivity index (χ1n) is 8.60. The molecule has 0 aliphatic heterocycles. The van der Waals surface area contributed by atoms with Crippen molar-refractivity contribution in [2.45, 2.75) is 56.2 Å². The number of aliphatic carboxylic acids is 1. The van der Waals surface area contributed by atoms with Crippen LogP contribution >= 0.6 is 12.6 Å². The fraction of sp³-hybridized carbons (Fsp3) is 0.500. The number of phenols is 1. The Morgan fingerprint density at radius 2 is 1.68 bits per heavy atom. The van der Waals surface area contributed by atoms with Crippen molar-refractivity contribution >= 4 is 30.4 Å². The number of carboxylic acid groups (broad SMARTS) is 1. The molecule has 0 spiro atoms.